The first-order valence-electron chi connectivity index (χ1n) is 7.88. The normalized spacial score (nSPS) is 17.3. The molecule has 0 fully saturated rings. The molecule has 4 nitrogen and oxygen atoms in total. The molecular formula is C17H28O4Si. The van der Waals surface area contributed by atoms with Crippen LogP contribution in [0.15, 0.2) is 23.8 Å². The SMILES string of the molecule is C=CC1=C(C[Si](C)(C)C)CC(C(=O)OCC)(C(=O)OCC)C1. The maximum Gasteiger partial charge on any atom is 0.324 e. The molecule has 0 unspecified atom stereocenters. The topological polar surface area (TPSA) is 52.6 Å². The molecule has 0 saturated heterocycles. The van der Waals surface area contributed by atoms with Gasteiger partial charge in [-0.25, -0.2) is 0 Å². The third-order valence-electron chi connectivity index (χ3n) is 3.78. The van der Waals surface area contributed by atoms with Crippen LogP contribution in [0.4, 0.5) is 0 Å². The summed E-state index contributed by atoms with van der Waals surface area (Å²) < 4.78 is 10.4. The Kier molecular flexibility index (Phi) is 6.17. The van der Waals surface area contributed by atoms with Crippen molar-refractivity contribution in [3.05, 3.63) is 23.8 Å². The van der Waals surface area contributed by atoms with Gasteiger partial charge in [-0.2, -0.15) is 0 Å². The van der Waals surface area contributed by atoms with Gasteiger partial charge in [-0.05, 0) is 38.3 Å². The van der Waals surface area contributed by atoms with E-state index in [0.717, 1.165) is 17.2 Å². The molecule has 0 aromatic heterocycles. The van der Waals surface area contributed by atoms with Crippen molar-refractivity contribution < 1.29 is 19.1 Å². The number of rotatable bonds is 7. The Morgan fingerprint density at radius 2 is 1.64 bits per heavy atom. The molecule has 0 bridgehead atoms. The van der Waals surface area contributed by atoms with E-state index >= 15 is 0 Å². The lowest BCUT2D eigenvalue weighted by Gasteiger charge is -2.25. The number of hydrogen-bond donors (Lipinski definition) is 0. The number of hydrogen-bond acceptors (Lipinski definition) is 4. The Morgan fingerprint density at radius 1 is 1.14 bits per heavy atom. The lowest BCUT2D eigenvalue weighted by molar-refractivity contribution is -0.171. The highest BCUT2D eigenvalue weighted by molar-refractivity contribution is 6.76. The zero-order valence-electron chi connectivity index (χ0n) is 14.5. The minimum absolute atomic E-state index is 0.257. The van der Waals surface area contributed by atoms with Gasteiger partial charge in [-0.15, -0.1) is 0 Å². The first kappa shape index (κ1) is 18.7. The van der Waals surface area contributed by atoms with Crippen LogP contribution in [0.1, 0.15) is 26.7 Å². The van der Waals surface area contributed by atoms with Crippen molar-refractivity contribution in [1.82, 2.24) is 0 Å². The second-order valence-corrected chi connectivity index (χ2v) is 12.4. The van der Waals surface area contributed by atoms with Crippen molar-refractivity contribution in [3.8, 4) is 0 Å². The summed E-state index contributed by atoms with van der Waals surface area (Å²) in [5, 5.41) is 0. The molecule has 124 valence electrons. The van der Waals surface area contributed by atoms with Crippen LogP contribution in [0.5, 0.6) is 0 Å². The van der Waals surface area contributed by atoms with Crippen LogP contribution in [0, 0.1) is 5.41 Å². The van der Waals surface area contributed by atoms with Gasteiger partial charge in [0.15, 0.2) is 5.41 Å². The molecular weight excluding hydrogens is 296 g/mol. The minimum Gasteiger partial charge on any atom is -0.465 e. The van der Waals surface area contributed by atoms with Crippen molar-refractivity contribution in [2.75, 3.05) is 13.2 Å². The molecule has 0 aliphatic heterocycles. The smallest absolute Gasteiger partial charge is 0.324 e. The molecule has 0 saturated carbocycles. The highest BCUT2D eigenvalue weighted by Gasteiger charge is 2.53. The van der Waals surface area contributed by atoms with Crippen molar-refractivity contribution >= 4 is 20.0 Å². The van der Waals surface area contributed by atoms with E-state index in [9.17, 15) is 9.59 Å². The number of allylic oxidation sites excluding steroid dienone is 3. The fourth-order valence-electron chi connectivity index (χ4n) is 2.93. The average Bonchev–Trinajstić information content (AvgIpc) is 2.77. The van der Waals surface area contributed by atoms with Gasteiger partial charge in [0.05, 0.1) is 13.2 Å². The quantitative estimate of drug-likeness (QED) is 0.407. The summed E-state index contributed by atoms with van der Waals surface area (Å²) in [7, 11) is -1.36. The summed E-state index contributed by atoms with van der Waals surface area (Å²) >= 11 is 0. The largest absolute Gasteiger partial charge is 0.465 e. The Hall–Kier alpha value is -1.36. The van der Waals surface area contributed by atoms with Gasteiger partial charge in [-0.3, -0.25) is 9.59 Å². The molecule has 0 aromatic carbocycles. The van der Waals surface area contributed by atoms with E-state index in [-0.39, 0.29) is 13.2 Å². The second kappa shape index (κ2) is 7.27. The summed E-state index contributed by atoms with van der Waals surface area (Å²) in [4.78, 5) is 25.0. The van der Waals surface area contributed by atoms with Crippen molar-refractivity contribution in [2.45, 2.75) is 52.4 Å². The number of ether oxygens (including phenoxy) is 2. The van der Waals surface area contributed by atoms with Crippen LogP contribution in [0.25, 0.3) is 0 Å². The third-order valence-corrected chi connectivity index (χ3v) is 5.27. The molecule has 0 N–H and O–H groups in total. The zero-order valence-corrected chi connectivity index (χ0v) is 15.5. The van der Waals surface area contributed by atoms with Gasteiger partial charge < -0.3 is 9.47 Å². The van der Waals surface area contributed by atoms with E-state index in [1.165, 1.54) is 0 Å². The van der Waals surface area contributed by atoms with Crippen LogP contribution in [0.2, 0.25) is 25.7 Å². The monoisotopic (exact) mass is 324 g/mol. The van der Waals surface area contributed by atoms with E-state index in [1.54, 1.807) is 19.9 Å². The van der Waals surface area contributed by atoms with Crippen LogP contribution >= 0.6 is 0 Å². The van der Waals surface area contributed by atoms with E-state index < -0.39 is 25.4 Å². The average molecular weight is 324 g/mol. The maximum absolute atomic E-state index is 12.5. The summed E-state index contributed by atoms with van der Waals surface area (Å²) in [6, 6.07) is 0.953. The zero-order chi connectivity index (χ0) is 17.0. The fourth-order valence-corrected chi connectivity index (χ4v) is 4.57. The summed E-state index contributed by atoms with van der Waals surface area (Å²) in [5.74, 6) is -0.947. The van der Waals surface area contributed by atoms with Crippen molar-refractivity contribution in [1.29, 1.82) is 0 Å². The first-order chi connectivity index (χ1) is 10.2. The Bertz CT molecular complexity index is 467. The number of carbonyl (C=O) groups is 2. The molecule has 0 heterocycles. The van der Waals surface area contributed by atoms with Crippen LogP contribution in [-0.4, -0.2) is 33.2 Å². The standard InChI is InChI=1S/C17H28O4Si/c1-7-13-10-17(15(18)20-8-2,16(19)21-9-3)11-14(13)12-22(4,5)6/h7H,1,8-12H2,2-6H3. The van der Waals surface area contributed by atoms with E-state index in [0.29, 0.717) is 12.8 Å². The first-order valence-corrected chi connectivity index (χ1v) is 11.6. The van der Waals surface area contributed by atoms with Gasteiger partial charge >= 0.3 is 11.9 Å². The van der Waals surface area contributed by atoms with Crippen LogP contribution in [-0.2, 0) is 19.1 Å². The third kappa shape index (κ3) is 4.09. The van der Waals surface area contributed by atoms with Crippen molar-refractivity contribution in [2.24, 2.45) is 5.41 Å². The van der Waals surface area contributed by atoms with Crippen LogP contribution in [0.3, 0.4) is 0 Å². The molecule has 0 aromatic rings. The summed E-state index contributed by atoms with van der Waals surface area (Å²) in [6.07, 6.45) is 2.51. The predicted molar refractivity (Wildman–Crippen MR) is 90.3 cm³/mol. The molecule has 22 heavy (non-hydrogen) atoms. The molecule has 0 amide bonds. The molecule has 1 rings (SSSR count). The number of carbonyl (C=O) groups excluding carboxylic acids is 2. The molecule has 0 spiro atoms. The Balaban J connectivity index is 3.15. The minimum atomic E-state index is -1.36. The van der Waals surface area contributed by atoms with E-state index in [1.807, 2.05) is 0 Å². The van der Waals surface area contributed by atoms with Gasteiger partial charge in [0.1, 0.15) is 0 Å². The Morgan fingerprint density at radius 3 is 2.00 bits per heavy atom. The predicted octanol–water partition coefficient (Wildman–Crippen LogP) is 3.71. The molecule has 0 atom stereocenters. The van der Waals surface area contributed by atoms with Gasteiger partial charge in [0, 0.05) is 8.07 Å². The van der Waals surface area contributed by atoms with E-state index in [2.05, 4.69) is 26.2 Å². The molecule has 1 aliphatic rings. The highest BCUT2D eigenvalue weighted by atomic mass is 28.3. The van der Waals surface area contributed by atoms with E-state index in [4.69, 9.17) is 9.47 Å². The lowest BCUT2D eigenvalue weighted by atomic mass is 9.83. The maximum atomic E-state index is 12.5. The molecule has 0 radical (unpaired) electrons. The summed E-state index contributed by atoms with van der Waals surface area (Å²) in [6.45, 7) is 14.7. The van der Waals surface area contributed by atoms with Gasteiger partial charge in [0.25, 0.3) is 0 Å². The highest BCUT2D eigenvalue weighted by Crippen LogP contribution is 2.47. The Labute approximate surface area is 134 Å². The second-order valence-electron chi connectivity index (χ2n) is 6.95. The lowest BCUT2D eigenvalue weighted by Crippen LogP contribution is -2.40. The van der Waals surface area contributed by atoms with Crippen LogP contribution < -0.4 is 0 Å². The van der Waals surface area contributed by atoms with Gasteiger partial charge in [-0.1, -0.05) is 37.9 Å². The summed E-state index contributed by atoms with van der Waals surface area (Å²) in [5.41, 5.74) is 0.948. The molecule has 1 aliphatic carbocycles. The number of esters is 2. The fraction of sp³-hybridized carbons (Fsp3) is 0.647. The van der Waals surface area contributed by atoms with Crippen molar-refractivity contribution in [3.63, 3.8) is 0 Å². The van der Waals surface area contributed by atoms with Gasteiger partial charge in [0.2, 0.25) is 0 Å². The molecule has 5 heteroatoms.